The van der Waals surface area contributed by atoms with E-state index in [0.29, 0.717) is 12.2 Å². The van der Waals surface area contributed by atoms with Crippen LogP contribution in [0.25, 0.3) is 0 Å². The minimum atomic E-state index is -4.53. The van der Waals surface area contributed by atoms with Gasteiger partial charge in [-0.15, -0.1) is 11.3 Å². The van der Waals surface area contributed by atoms with E-state index in [1.807, 2.05) is 17.5 Å². The van der Waals surface area contributed by atoms with Gasteiger partial charge in [-0.3, -0.25) is 4.79 Å². The van der Waals surface area contributed by atoms with Crippen LogP contribution in [-0.4, -0.2) is 19.9 Å². The lowest BCUT2D eigenvalue weighted by molar-refractivity contribution is -0.137. The number of alkyl halides is 3. The molecule has 2 aromatic rings. The highest BCUT2D eigenvalue weighted by Crippen LogP contribution is 2.33. The molecule has 0 aliphatic carbocycles. The van der Waals surface area contributed by atoms with E-state index < -0.39 is 11.7 Å². The van der Waals surface area contributed by atoms with Gasteiger partial charge in [-0.05, 0) is 36.1 Å². The van der Waals surface area contributed by atoms with Crippen LogP contribution in [0.2, 0.25) is 0 Å². The fourth-order valence-corrected chi connectivity index (χ4v) is 2.69. The molecule has 0 saturated heterocycles. The molecule has 0 spiro atoms. The molecule has 0 radical (unpaired) electrons. The molecule has 0 N–H and O–H groups in total. The highest BCUT2D eigenvalue weighted by molar-refractivity contribution is 7.09. The van der Waals surface area contributed by atoms with Crippen molar-refractivity contribution in [3.8, 4) is 0 Å². The van der Waals surface area contributed by atoms with Crippen LogP contribution in [0.5, 0.6) is 0 Å². The lowest BCUT2D eigenvalue weighted by Gasteiger charge is -2.21. The minimum Gasteiger partial charge on any atom is -0.374 e. The Kier molecular flexibility index (Phi) is 4.67. The topological polar surface area (TPSA) is 20.3 Å². The zero-order valence-electron chi connectivity index (χ0n) is 11.4. The SMILES string of the molecule is CN(CCc1cccs1)c1ccc(C=O)c(C(F)(F)F)c1. The predicted octanol–water partition coefficient (Wildman–Crippen LogP) is 4.26. The monoisotopic (exact) mass is 313 g/mol. The Morgan fingerprint density at radius 3 is 2.62 bits per heavy atom. The lowest BCUT2D eigenvalue weighted by atomic mass is 10.1. The Morgan fingerprint density at radius 2 is 2.05 bits per heavy atom. The zero-order valence-corrected chi connectivity index (χ0v) is 12.2. The molecule has 1 heterocycles. The Balaban J connectivity index is 2.17. The van der Waals surface area contributed by atoms with Crippen molar-refractivity contribution in [2.24, 2.45) is 0 Å². The van der Waals surface area contributed by atoms with Crippen molar-refractivity contribution in [1.82, 2.24) is 0 Å². The number of thiophene rings is 1. The van der Waals surface area contributed by atoms with Gasteiger partial charge >= 0.3 is 6.18 Å². The maximum atomic E-state index is 12.9. The third kappa shape index (κ3) is 3.85. The molecule has 112 valence electrons. The van der Waals surface area contributed by atoms with Gasteiger partial charge in [0, 0.05) is 29.7 Å². The number of benzene rings is 1. The summed E-state index contributed by atoms with van der Waals surface area (Å²) in [5.74, 6) is 0. The molecule has 0 bridgehead atoms. The van der Waals surface area contributed by atoms with Gasteiger partial charge in [0.15, 0.2) is 6.29 Å². The molecule has 0 aliphatic heterocycles. The number of carbonyl (C=O) groups excluding carboxylic acids is 1. The van der Waals surface area contributed by atoms with E-state index >= 15 is 0 Å². The number of likely N-dealkylation sites (N-methyl/N-ethyl adjacent to an activating group) is 1. The van der Waals surface area contributed by atoms with Gasteiger partial charge in [-0.2, -0.15) is 13.2 Å². The second-order valence-electron chi connectivity index (χ2n) is 4.64. The van der Waals surface area contributed by atoms with Crippen LogP contribution in [0.3, 0.4) is 0 Å². The summed E-state index contributed by atoms with van der Waals surface area (Å²) >= 11 is 1.62. The fraction of sp³-hybridized carbons (Fsp3) is 0.267. The van der Waals surface area contributed by atoms with Crippen molar-refractivity contribution in [2.45, 2.75) is 12.6 Å². The van der Waals surface area contributed by atoms with Crippen molar-refractivity contribution in [3.05, 3.63) is 51.7 Å². The van der Waals surface area contributed by atoms with Crippen LogP contribution >= 0.6 is 11.3 Å². The first kappa shape index (κ1) is 15.6. The maximum absolute atomic E-state index is 12.9. The lowest BCUT2D eigenvalue weighted by Crippen LogP contribution is -2.21. The van der Waals surface area contributed by atoms with E-state index in [2.05, 4.69) is 0 Å². The highest BCUT2D eigenvalue weighted by Gasteiger charge is 2.33. The quantitative estimate of drug-likeness (QED) is 0.769. The van der Waals surface area contributed by atoms with E-state index in [-0.39, 0.29) is 11.8 Å². The van der Waals surface area contributed by atoms with Gasteiger partial charge in [0.25, 0.3) is 0 Å². The van der Waals surface area contributed by atoms with Gasteiger partial charge in [0.2, 0.25) is 0 Å². The summed E-state index contributed by atoms with van der Waals surface area (Å²) < 4.78 is 38.7. The Hall–Kier alpha value is -1.82. The van der Waals surface area contributed by atoms with Crippen LogP contribution in [-0.2, 0) is 12.6 Å². The third-order valence-electron chi connectivity index (χ3n) is 3.18. The molecule has 0 saturated carbocycles. The molecular formula is C15H14F3NOS. The van der Waals surface area contributed by atoms with Crippen LogP contribution in [0.1, 0.15) is 20.8 Å². The summed E-state index contributed by atoms with van der Waals surface area (Å²) in [4.78, 5) is 13.7. The Morgan fingerprint density at radius 1 is 1.29 bits per heavy atom. The van der Waals surface area contributed by atoms with Crippen LogP contribution in [0, 0.1) is 0 Å². The molecule has 0 fully saturated rings. The normalized spacial score (nSPS) is 11.4. The average molecular weight is 313 g/mol. The number of halogens is 3. The number of nitrogens with zero attached hydrogens (tertiary/aromatic N) is 1. The molecule has 2 rings (SSSR count). The highest BCUT2D eigenvalue weighted by atomic mass is 32.1. The van der Waals surface area contributed by atoms with Gasteiger partial charge in [0.05, 0.1) is 5.56 Å². The van der Waals surface area contributed by atoms with E-state index in [1.165, 1.54) is 17.0 Å². The van der Waals surface area contributed by atoms with Crippen molar-refractivity contribution in [3.63, 3.8) is 0 Å². The smallest absolute Gasteiger partial charge is 0.374 e. The molecule has 21 heavy (non-hydrogen) atoms. The summed E-state index contributed by atoms with van der Waals surface area (Å²) in [6.07, 6.45) is -3.52. The summed E-state index contributed by atoms with van der Waals surface area (Å²) in [6, 6.07) is 7.72. The van der Waals surface area contributed by atoms with E-state index in [0.717, 1.165) is 12.5 Å². The third-order valence-corrected chi connectivity index (χ3v) is 4.12. The Bertz CT molecular complexity index is 608. The zero-order chi connectivity index (χ0) is 15.5. The van der Waals surface area contributed by atoms with Crippen LogP contribution in [0.15, 0.2) is 35.7 Å². The summed E-state index contributed by atoms with van der Waals surface area (Å²) in [5, 5.41) is 1.97. The first-order valence-electron chi connectivity index (χ1n) is 6.32. The number of hydrogen-bond acceptors (Lipinski definition) is 3. The molecule has 0 aliphatic rings. The molecule has 0 atom stereocenters. The van der Waals surface area contributed by atoms with Gasteiger partial charge < -0.3 is 4.90 Å². The standard InChI is InChI=1S/C15H14F3NOS/c1-19(7-6-13-3-2-8-21-13)12-5-4-11(10-20)14(9-12)15(16,17)18/h2-5,8-10H,6-7H2,1H3. The predicted molar refractivity (Wildman–Crippen MR) is 78.1 cm³/mol. The van der Waals surface area contributed by atoms with Crippen molar-refractivity contribution < 1.29 is 18.0 Å². The molecule has 0 amide bonds. The number of rotatable bonds is 5. The number of anilines is 1. The van der Waals surface area contributed by atoms with E-state index in [9.17, 15) is 18.0 Å². The van der Waals surface area contributed by atoms with E-state index in [4.69, 9.17) is 0 Å². The molecule has 0 unspecified atom stereocenters. The van der Waals surface area contributed by atoms with Crippen molar-refractivity contribution in [1.29, 1.82) is 0 Å². The maximum Gasteiger partial charge on any atom is 0.417 e. The fourth-order valence-electron chi connectivity index (χ4n) is 1.99. The second kappa shape index (κ2) is 6.30. The molecular weight excluding hydrogens is 299 g/mol. The summed E-state index contributed by atoms with van der Waals surface area (Å²) in [7, 11) is 1.74. The second-order valence-corrected chi connectivity index (χ2v) is 5.67. The average Bonchev–Trinajstić information content (AvgIpc) is 2.96. The van der Waals surface area contributed by atoms with Gasteiger partial charge in [0.1, 0.15) is 0 Å². The molecule has 1 aromatic heterocycles. The largest absolute Gasteiger partial charge is 0.417 e. The number of aldehydes is 1. The van der Waals surface area contributed by atoms with E-state index in [1.54, 1.807) is 23.3 Å². The first-order chi connectivity index (χ1) is 9.91. The van der Waals surface area contributed by atoms with Gasteiger partial charge in [-0.1, -0.05) is 6.07 Å². The van der Waals surface area contributed by atoms with Crippen LogP contribution in [0.4, 0.5) is 18.9 Å². The number of carbonyl (C=O) groups is 1. The Labute approximate surface area is 124 Å². The molecule has 2 nitrogen and oxygen atoms in total. The number of hydrogen-bond donors (Lipinski definition) is 0. The summed E-state index contributed by atoms with van der Waals surface area (Å²) in [5.41, 5.74) is -0.777. The van der Waals surface area contributed by atoms with Crippen molar-refractivity contribution >= 4 is 23.3 Å². The van der Waals surface area contributed by atoms with Gasteiger partial charge in [-0.25, -0.2) is 0 Å². The molecule has 6 heteroatoms. The van der Waals surface area contributed by atoms with Crippen LogP contribution < -0.4 is 4.90 Å². The summed E-state index contributed by atoms with van der Waals surface area (Å²) in [6.45, 7) is 0.609. The first-order valence-corrected chi connectivity index (χ1v) is 7.19. The molecule has 1 aromatic carbocycles. The van der Waals surface area contributed by atoms with Crippen molar-refractivity contribution in [2.75, 3.05) is 18.5 Å². The minimum absolute atomic E-state index is 0.234.